The first-order chi connectivity index (χ1) is 8.11. The molecule has 4 heteroatoms. The fourth-order valence-corrected chi connectivity index (χ4v) is 1.99. The molecule has 0 aromatic rings. The molecule has 1 amide bonds. The van der Waals surface area contributed by atoms with Gasteiger partial charge in [0.1, 0.15) is 0 Å². The number of rotatable bonds is 5. The Bertz CT molecular complexity index is 223. The largest absolute Gasteiger partial charge is 0.392 e. The van der Waals surface area contributed by atoms with Crippen molar-refractivity contribution in [2.24, 2.45) is 5.92 Å². The number of aliphatic hydroxyl groups excluding tert-OH is 1. The van der Waals surface area contributed by atoms with E-state index in [1.165, 1.54) is 12.8 Å². The number of nitrogens with zero attached hydrogens (tertiary/aromatic N) is 1. The Morgan fingerprint density at radius 2 is 1.82 bits per heavy atom. The van der Waals surface area contributed by atoms with Gasteiger partial charge in [0, 0.05) is 19.6 Å². The van der Waals surface area contributed by atoms with Crippen LogP contribution in [-0.2, 0) is 4.79 Å². The Labute approximate surface area is 104 Å². The normalized spacial score (nSPS) is 19.2. The van der Waals surface area contributed by atoms with Crippen molar-refractivity contribution in [3.63, 3.8) is 0 Å². The predicted octanol–water partition coefficient (Wildman–Crippen LogP) is 0.995. The molecular weight excluding hydrogens is 216 g/mol. The first-order valence-electron chi connectivity index (χ1n) is 6.78. The fourth-order valence-electron chi connectivity index (χ4n) is 1.99. The summed E-state index contributed by atoms with van der Waals surface area (Å²) in [6.07, 6.45) is 4.36. The topological polar surface area (TPSA) is 52.6 Å². The average molecular weight is 242 g/mol. The highest BCUT2D eigenvalue weighted by molar-refractivity contribution is 5.78. The van der Waals surface area contributed by atoms with E-state index in [1.54, 1.807) is 0 Å². The smallest absolute Gasteiger partial charge is 0.236 e. The summed E-state index contributed by atoms with van der Waals surface area (Å²) >= 11 is 0. The van der Waals surface area contributed by atoms with Crippen LogP contribution in [0.25, 0.3) is 0 Å². The van der Waals surface area contributed by atoms with Crippen molar-refractivity contribution in [3.8, 4) is 0 Å². The summed E-state index contributed by atoms with van der Waals surface area (Å²) in [5, 5.41) is 12.7. The second-order valence-corrected chi connectivity index (χ2v) is 5.24. The molecule has 0 radical (unpaired) electrons. The predicted molar refractivity (Wildman–Crippen MR) is 68.8 cm³/mol. The van der Waals surface area contributed by atoms with E-state index in [2.05, 4.69) is 5.32 Å². The Hall–Kier alpha value is -0.610. The van der Waals surface area contributed by atoms with E-state index in [4.69, 9.17) is 0 Å². The summed E-state index contributed by atoms with van der Waals surface area (Å²) in [7, 11) is 0. The molecule has 1 unspecified atom stereocenters. The van der Waals surface area contributed by atoms with Crippen LogP contribution in [0.15, 0.2) is 0 Å². The molecule has 0 aliphatic carbocycles. The summed E-state index contributed by atoms with van der Waals surface area (Å²) < 4.78 is 0. The van der Waals surface area contributed by atoms with E-state index in [1.807, 2.05) is 18.7 Å². The third-order valence-electron chi connectivity index (χ3n) is 3.36. The summed E-state index contributed by atoms with van der Waals surface area (Å²) in [6.45, 7) is 6.59. The Morgan fingerprint density at radius 3 is 2.35 bits per heavy atom. The Morgan fingerprint density at radius 1 is 1.24 bits per heavy atom. The number of carbonyl (C=O) groups excluding carboxylic acids is 1. The molecular formula is C13H26N2O2. The van der Waals surface area contributed by atoms with Gasteiger partial charge in [0.15, 0.2) is 0 Å². The number of amides is 1. The molecule has 2 N–H and O–H groups in total. The number of likely N-dealkylation sites (tertiary alicyclic amines) is 1. The SMILES string of the molecule is CC(C)C(O)CNCC(=O)N1CCCCCC1. The first kappa shape index (κ1) is 14.5. The number of aliphatic hydroxyl groups is 1. The second-order valence-electron chi connectivity index (χ2n) is 5.24. The number of nitrogens with one attached hydrogen (secondary N) is 1. The van der Waals surface area contributed by atoms with Crippen LogP contribution in [0.3, 0.4) is 0 Å². The molecule has 0 aromatic carbocycles. The molecule has 1 fully saturated rings. The van der Waals surface area contributed by atoms with Gasteiger partial charge in [-0.2, -0.15) is 0 Å². The van der Waals surface area contributed by atoms with Gasteiger partial charge in [0.25, 0.3) is 0 Å². The van der Waals surface area contributed by atoms with Crippen LogP contribution in [0.1, 0.15) is 39.5 Å². The first-order valence-corrected chi connectivity index (χ1v) is 6.78. The molecule has 0 spiro atoms. The third-order valence-corrected chi connectivity index (χ3v) is 3.36. The quantitative estimate of drug-likeness (QED) is 0.756. The highest BCUT2D eigenvalue weighted by atomic mass is 16.3. The second kappa shape index (κ2) is 7.67. The molecule has 1 rings (SSSR count). The maximum absolute atomic E-state index is 11.9. The minimum Gasteiger partial charge on any atom is -0.392 e. The lowest BCUT2D eigenvalue weighted by Crippen LogP contribution is -2.41. The zero-order valence-corrected chi connectivity index (χ0v) is 11.1. The van der Waals surface area contributed by atoms with Gasteiger partial charge in [0.05, 0.1) is 12.6 Å². The third kappa shape index (κ3) is 5.50. The van der Waals surface area contributed by atoms with Gasteiger partial charge < -0.3 is 15.3 Å². The molecule has 1 aliphatic rings. The molecule has 0 saturated carbocycles. The standard InChI is InChI=1S/C13H26N2O2/c1-11(2)12(16)9-14-10-13(17)15-7-5-3-4-6-8-15/h11-12,14,16H,3-10H2,1-2H3. The maximum atomic E-state index is 11.9. The van der Waals surface area contributed by atoms with Gasteiger partial charge in [-0.1, -0.05) is 26.7 Å². The minimum atomic E-state index is -0.369. The van der Waals surface area contributed by atoms with Crippen LogP contribution >= 0.6 is 0 Å². The molecule has 0 bridgehead atoms. The van der Waals surface area contributed by atoms with Gasteiger partial charge in [-0.15, -0.1) is 0 Å². The number of hydrogen-bond donors (Lipinski definition) is 2. The van der Waals surface area contributed by atoms with Crippen molar-refractivity contribution in [2.75, 3.05) is 26.2 Å². The number of carbonyl (C=O) groups is 1. The van der Waals surface area contributed by atoms with E-state index >= 15 is 0 Å². The summed E-state index contributed by atoms with van der Waals surface area (Å²) in [6, 6.07) is 0. The van der Waals surface area contributed by atoms with E-state index in [9.17, 15) is 9.90 Å². The van der Waals surface area contributed by atoms with Crippen LogP contribution in [0.2, 0.25) is 0 Å². The Balaban J connectivity index is 2.19. The molecule has 0 aromatic heterocycles. The van der Waals surface area contributed by atoms with E-state index in [0.717, 1.165) is 25.9 Å². The monoisotopic (exact) mass is 242 g/mol. The molecule has 1 atom stereocenters. The van der Waals surface area contributed by atoms with Gasteiger partial charge in [-0.05, 0) is 18.8 Å². The van der Waals surface area contributed by atoms with E-state index < -0.39 is 0 Å². The minimum absolute atomic E-state index is 0.169. The van der Waals surface area contributed by atoms with Crippen molar-refractivity contribution in [2.45, 2.75) is 45.6 Å². The molecule has 4 nitrogen and oxygen atoms in total. The lowest BCUT2D eigenvalue weighted by molar-refractivity contribution is -0.130. The summed E-state index contributed by atoms with van der Waals surface area (Å²) in [4.78, 5) is 13.8. The van der Waals surface area contributed by atoms with Crippen molar-refractivity contribution in [1.29, 1.82) is 0 Å². The molecule has 1 heterocycles. The van der Waals surface area contributed by atoms with Crippen LogP contribution in [-0.4, -0.2) is 48.2 Å². The maximum Gasteiger partial charge on any atom is 0.236 e. The van der Waals surface area contributed by atoms with Crippen LogP contribution in [0, 0.1) is 5.92 Å². The van der Waals surface area contributed by atoms with Crippen LogP contribution in [0.5, 0.6) is 0 Å². The highest BCUT2D eigenvalue weighted by Crippen LogP contribution is 2.09. The van der Waals surface area contributed by atoms with Gasteiger partial charge in [0.2, 0.25) is 5.91 Å². The summed E-state index contributed by atoms with van der Waals surface area (Å²) in [5.74, 6) is 0.402. The Kier molecular flexibility index (Phi) is 6.52. The molecule has 1 aliphatic heterocycles. The average Bonchev–Trinajstić information content (AvgIpc) is 2.57. The molecule has 1 saturated heterocycles. The summed E-state index contributed by atoms with van der Waals surface area (Å²) in [5.41, 5.74) is 0. The van der Waals surface area contributed by atoms with E-state index in [0.29, 0.717) is 13.1 Å². The van der Waals surface area contributed by atoms with Crippen LogP contribution < -0.4 is 5.32 Å². The van der Waals surface area contributed by atoms with Crippen molar-refractivity contribution < 1.29 is 9.90 Å². The molecule has 17 heavy (non-hydrogen) atoms. The zero-order chi connectivity index (χ0) is 12.7. The van der Waals surface area contributed by atoms with Crippen molar-refractivity contribution >= 4 is 5.91 Å². The lowest BCUT2D eigenvalue weighted by Gasteiger charge is -2.21. The molecule has 100 valence electrons. The van der Waals surface area contributed by atoms with E-state index in [-0.39, 0.29) is 17.9 Å². The number of hydrogen-bond acceptors (Lipinski definition) is 3. The van der Waals surface area contributed by atoms with Crippen molar-refractivity contribution in [3.05, 3.63) is 0 Å². The highest BCUT2D eigenvalue weighted by Gasteiger charge is 2.15. The van der Waals surface area contributed by atoms with Gasteiger partial charge in [-0.3, -0.25) is 4.79 Å². The van der Waals surface area contributed by atoms with Crippen LogP contribution in [0.4, 0.5) is 0 Å². The van der Waals surface area contributed by atoms with Crippen molar-refractivity contribution in [1.82, 2.24) is 10.2 Å². The fraction of sp³-hybridized carbons (Fsp3) is 0.923. The van der Waals surface area contributed by atoms with Gasteiger partial charge in [-0.25, -0.2) is 0 Å². The van der Waals surface area contributed by atoms with Gasteiger partial charge >= 0.3 is 0 Å². The lowest BCUT2D eigenvalue weighted by atomic mass is 10.1. The zero-order valence-electron chi connectivity index (χ0n) is 11.1.